The summed E-state index contributed by atoms with van der Waals surface area (Å²) >= 11 is 0. The zero-order valence-electron chi connectivity index (χ0n) is 13.4. The fourth-order valence-corrected chi connectivity index (χ4v) is 2.78. The number of nitrogens with zero attached hydrogens (tertiary/aromatic N) is 4. The van der Waals surface area contributed by atoms with Crippen LogP contribution in [0.3, 0.4) is 0 Å². The van der Waals surface area contributed by atoms with E-state index in [0.29, 0.717) is 5.92 Å². The summed E-state index contributed by atoms with van der Waals surface area (Å²) in [5, 5.41) is 3.47. The molecule has 0 amide bonds. The Morgan fingerprint density at radius 1 is 1.36 bits per heavy atom. The molecule has 1 saturated heterocycles. The number of hydrogen-bond donors (Lipinski definition) is 1. The lowest BCUT2D eigenvalue weighted by Crippen LogP contribution is -2.20. The maximum Gasteiger partial charge on any atom is 0.138 e. The molecule has 1 fully saturated rings. The first-order valence-electron chi connectivity index (χ1n) is 7.61. The normalized spacial score (nSPS) is 21.0. The molecule has 22 heavy (non-hydrogen) atoms. The molecule has 3 rings (SSSR count). The lowest BCUT2D eigenvalue weighted by Gasteiger charge is -2.19. The van der Waals surface area contributed by atoms with Crippen molar-refractivity contribution < 1.29 is 4.74 Å². The van der Waals surface area contributed by atoms with Crippen molar-refractivity contribution in [1.29, 1.82) is 0 Å². The van der Waals surface area contributed by atoms with E-state index >= 15 is 0 Å². The van der Waals surface area contributed by atoms with Crippen molar-refractivity contribution in [3.05, 3.63) is 36.5 Å². The molecule has 2 aromatic heterocycles. The van der Waals surface area contributed by atoms with Crippen LogP contribution in [0.25, 0.3) is 0 Å². The maximum absolute atomic E-state index is 5.88. The molecule has 1 N–H and O–H groups in total. The summed E-state index contributed by atoms with van der Waals surface area (Å²) in [5.41, 5.74) is 1.04. The highest BCUT2D eigenvalue weighted by atomic mass is 16.5. The third-order valence-corrected chi connectivity index (χ3v) is 4.10. The van der Waals surface area contributed by atoms with E-state index in [1.165, 1.54) is 0 Å². The lowest BCUT2D eigenvalue weighted by atomic mass is 10.0. The van der Waals surface area contributed by atoms with Crippen molar-refractivity contribution in [2.45, 2.75) is 12.5 Å². The molecule has 2 aromatic rings. The smallest absolute Gasteiger partial charge is 0.138 e. The van der Waals surface area contributed by atoms with E-state index in [1.807, 2.05) is 55.3 Å². The van der Waals surface area contributed by atoms with E-state index in [2.05, 4.69) is 21.4 Å². The molecule has 1 aliphatic rings. The molecular formula is C16H23N5O. The number of aromatic nitrogens is 3. The molecule has 2 atom stereocenters. The van der Waals surface area contributed by atoms with Crippen LogP contribution in [-0.2, 0) is 11.8 Å². The van der Waals surface area contributed by atoms with Gasteiger partial charge in [0.05, 0.1) is 11.9 Å². The van der Waals surface area contributed by atoms with E-state index in [-0.39, 0.29) is 6.10 Å². The average molecular weight is 301 g/mol. The van der Waals surface area contributed by atoms with Crippen molar-refractivity contribution in [3.8, 4) is 0 Å². The van der Waals surface area contributed by atoms with Gasteiger partial charge in [-0.15, -0.1) is 0 Å². The van der Waals surface area contributed by atoms with E-state index in [9.17, 15) is 0 Å². The highest BCUT2D eigenvalue weighted by molar-refractivity contribution is 5.47. The molecule has 0 aromatic carbocycles. The zero-order chi connectivity index (χ0) is 15.5. The van der Waals surface area contributed by atoms with Gasteiger partial charge in [-0.1, -0.05) is 0 Å². The molecule has 3 heterocycles. The first-order valence-corrected chi connectivity index (χ1v) is 7.61. The number of hydrogen-bond acceptors (Lipinski definition) is 5. The van der Waals surface area contributed by atoms with Crippen LogP contribution < -0.4 is 10.2 Å². The summed E-state index contributed by atoms with van der Waals surface area (Å²) < 4.78 is 7.92. The third-order valence-electron chi connectivity index (χ3n) is 4.10. The Morgan fingerprint density at radius 3 is 2.86 bits per heavy atom. The Hall–Kier alpha value is -2.08. The van der Waals surface area contributed by atoms with Crippen LogP contribution in [0.15, 0.2) is 30.7 Å². The summed E-state index contributed by atoms with van der Waals surface area (Å²) in [6.07, 6.45) is 6.78. The van der Waals surface area contributed by atoms with Gasteiger partial charge in [0.15, 0.2) is 0 Å². The fraction of sp³-hybridized carbons (Fsp3) is 0.500. The van der Waals surface area contributed by atoms with E-state index in [0.717, 1.165) is 36.9 Å². The second-order valence-corrected chi connectivity index (χ2v) is 5.92. The van der Waals surface area contributed by atoms with Gasteiger partial charge >= 0.3 is 0 Å². The van der Waals surface area contributed by atoms with Gasteiger partial charge in [-0.2, -0.15) is 0 Å². The number of ether oxygens (including phenoxy) is 1. The Balaban J connectivity index is 1.62. The molecule has 0 radical (unpaired) electrons. The zero-order valence-corrected chi connectivity index (χ0v) is 13.4. The predicted molar refractivity (Wildman–Crippen MR) is 87.1 cm³/mol. The van der Waals surface area contributed by atoms with E-state index in [1.54, 1.807) is 0 Å². The lowest BCUT2D eigenvalue weighted by molar-refractivity contribution is 0.0839. The van der Waals surface area contributed by atoms with Crippen LogP contribution in [0.1, 0.15) is 18.3 Å². The van der Waals surface area contributed by atoms with Crippen LogP contribution >= 0.6 is 0 Å². The summed E-state index contributed by atoms with van der Waals surface area (Å²) in [6.45, 7) is 1.65. The number of pyridine rings is 1. The molecule has 118 valence electrons. The van der Waals surface area contributed by atoms with Crippen molar-refractivity contribution in [2.24, 2.45) is 13.0 Å². The minimum Gasteiger partial charge on any atom is -0.383 e. The predicted octanol–water partition coefficient (Wildman–Crippen LogP) is 2.07. The molecule has 0 saturated carbocycles. The maximum atomic E-state index is 5.88. The Kier molecular flexibility index (Phi) is 4.29. The molecule has 0 spiro atoms. The minimum absolute atomic E-state index is 0.0708. The first kappa shape index (κ1) is 14.8. The van der Waals surface area contributed by atoms with Crippen molar-refractivity contribution in [3.63, 3.8) is 0 Å². The summed E-state index contributed by atoms with van der Waals surface area (Å²) in [7, 11) is 5.99. The molecule has 1 aliphatic heterocycles. The molecule has 0 aliphatic carbocycles. The van der Waals surface area contributed by atoms with Gasteiger partial charge in [0.25, 0.3) is 0 Å². The molecule has 0 bridgehead atoms. The van der Waals surface area contributed by atoms with Gasteiger partial charge < -0.3 is 19.5 Å². The summed E-state index contributed by atoms with van der Waals surface area (Å²) in [5.74, 6) is 2.39. The largest absolute Gasteiger partial charge is 0.383 e. The SMILES string of the molecule is CN(C)c1ccc(NC[C@@H]2CCO[C@H]2c2nccn2C)cn1. The van der Waals surface area contributed by atoms with Gasteiger partial charge in [-0.05, 0) is 18.6 Å². The standard InChI is InChI=1S/C16H23N5O/c1-20(2)14-5-4-13(11-19-14)18-10-12-6-9-22-15(12)16-17-7-8-21(16)3/h4-5,7-8,11-12,15,18H,6,9-10H2,1-3H3/t12-,15+/m0/s1. The van der Waals surface area contributed by atoms with Gasteiger partial charge in [-0.25, -0.2) is 9.97 Å². The second kappa shape index (κ2) is 6.36. The fourth-order valence-electron chi connectivity index (χ4n) is 2.78. The topological polar surface area (TPSA) is 55.2 Å². The molecule has 6 heteroatoms. The Morgan fingerprint density at radius 2 is 2.23 bits per heavy atom. The third kappa shape index (κ3) is 3.06. The van der Waals surface area contributed by atoms with Gasteiger partial charge in [0.2, 0.25) is 0 Å². The van der Waals surface area contributed by atoms with Crippen LogP contribution in [0, 0.1) is 5.92 Å². The first-order chi connectivity index (χ1) is 10.6. The van der Waals surface area contributed by atoms with Gasteiger partial charge in [-0.3, -0.25) is 0 Å². The average Bonchev–Trinajstić information content (AvgIpc) is 3.13. The highest BCUT2D eigenvalue weighted by Gasteiger charge is 2.32. The highest BCUT2D eigenvalue weighted by Crippen LogP contribution is 2.33. The van der Waals surface area contributed by atoms with Crippen LogP contribution in [-0.4, -0.2) is 41.8 Å². The van der Waals surface area contributed by atoms with Crippen molar-refractivity contribution in [1.82, 2.24) is 14.5 Å². The summed E-state index contributed by atoms with van der Waals surface area (Å²) in [4.78, 5) is 10.8. The van der Waals surface area contributed by atoms with Crippen LogP contribution in [0.4, 0.5) is 11.5 Å². The van der Waals surface area contributed by atoms with E-state index < -0.39 is 0 Å². The van der Waals surface area contributed by atoms with E-state index in [4.69, 9.17) is 4.74 Å². The Bertz CT molecular complexity index is 607. The number of rotatable bonds is 5. The van der Waals surface area contributed by atoms with Crippen molar-refractivity contribution in [2.75, 3.05) is 37.5 Å². The quantitative estimate of drug-likeness (QED) is 0.916. The molecular weight excluding hydrogens is 278 g/mol. The van der Waals surface area contributed by atoms with Gasteiger partial charge in [0, 0.05) is 52.6 Å². The monoisotopic (exact) mass is 301 g/mol. The van der Waals surface area contributed by atoms with Crippen molar-refractivity contribution >= 4 is 11.5 Å². The number of anilines is 2. The van der Waals surface area contributed by atoms with Crippen LogP contribution in [0.5, 0.6) is 0 Å². The van der Waals surface area contributed by atoms with Crippen LogP contribution in [0.2, 0.25) is 0 Å². The Labute approximate surface area is 131 Å². The summed E-state index contributed by atoms with van der Waals surface area (Å²) in [6, 6.07) is 4.08. The number of nitrogens with one attached hydrogen (secondary N) is 1. The number of aryl methyl sites for hydroxylation is 1. The number of imidazole rings is 1. The molecule has 0 unspecified atom stereocenters. The minimum atomic E-state index is 0.0708. The molecule has 6 nitrogen and oxygen atoms in total. The second-order valence-electron chi connectivity index (χ2n) is 5.92. The van der Waals surface area contributed by atoms with Gasteiger partial charge in [0.1, 0.15) is 17.7 Å².